The maximum atomic E-state index is 12.8. The summed E-state index contributed by atoms with van der Waals surface area (Å²) in [7, 11) is -2.24. The van der Waals surface area contributed by atoms with Crippen molar-refractivity contribution >= 4 is 27.7 Å². The Bertz CT molecular complexity index is 936. The van der Waals surface area contributed by atoms with Crippen LogP contribution in [0, 0.1) is 0 Å². The van der Waals surface area contributed by atoms with Crippen molar-refractivity contribution in [2.75, 3.05) is 25.7 Å². The van der Waals surface area contributed by atoms with Crippen molar-refractivity contribution in [2.45, 2.75) is 37.2 Å². The zero-order valence-corrected chi connectivity index (χ0v) is 19.7. The predicted molar refractivity (Wildman–Crippen MR) is 124 cm³/mol. The molecule has 0 aromatic heterocycles. The molecule has 2 aromatic carbocycles. The molecule has 1 unspecified atom stereocenters. The normalized spacial score (nSPS) is 12.2. The third-order valence-electron chi connectivity index (χ3n) is 4.43. The average molecular weight is 467 g/mol. The van der Waals surface area contributed by atoms with E-state index in [9.17, 15) is 13.2 Å². The van der Waals surface area contributed by atoms with Crippen LogP contribution in [0.4, 0.5) is 0 Å². The van der Waals surface area contributed by atoms with Crippen LogP contribution in [0.1, 0.15) is 25.3 Å². The highest BCUT2D eigenvalue weighted by Gasteiger charge is 2.25. The number of carbonyl (C=O) groups is 1. The molecule has 0 heterocycles. The van der Waals surface area contributed by atoms with Crippen molar-refractivity contribution in [3.05, 3.63) is 54.1 Å². The number of amides is 1. The Hall–Kier alpha value is -2.23. The Morgan fingerprint density at radius 3 is 2.52 bits per heavy atom. The number of nitrogens with one attached hydrogen (secondary N) is 2. The van der Waals surface area contributed by atoms with Crippen LogP contribution >= 0.6 is 11.8 Å². The van der Waals surface area contributed by atoms with Gasteiger partial charge in [-0.3, -0.25) is 4.79 Å². The number of methoxy groups -OCH3 is 1. The van der Waals surface area contributed by atoms with E-state index in [4.69, 9.17) is 9.47 Å². The summed E-state index contributed by atoms with van der Waals surface area (Å²) < 4.78 is 38.9. The Morgan fingerprint density at radius 1 is 1.13 bits per heavy atom. The predicted octanol–water partition coefficient (Wildman–Crippen LogP) is 3.20. The average Bonchev–Trinajstić information content (AvgIpc) is 2.79. The minimum Gasteiger partial charge on any atom is -0.493 e. The van der Waals surface area contributed by atoms with Gasteiger partial charge in [0.2, 0.25) is 15.9 Å². The fourth-order valence-electron chi connectivity index (χ4n) is 2.80. The van der Waals surface area contributed by atoms with Crippen LogP contribution in [0.3, 0.4) is 0 Å². The summed E-state index contributed by atoms with van der Waals surface area (Å²) in [4.78, 5) is 12.9. The second-order valence-corrected chi connectivity index (χ2v) is 9.52. The fraction of sp³-hybridized carbons (Fsp3) is 0.409. The Kier molecular flexibility index (Phi) is 10.2. The zero-order chi connectivity index (χ0) is 22.7. The van der Waals surface area contributed by atoms with Crippen LogP contribution in [0.5, 0.6) is 11.5 Å². The van der Waals surface area contributed by atoms with Crippen molar-refractivity contribution in [3.63, 3.8) is 0 Å². The van der Waals surface area contributed by atoms with Gasteiger partial charge >= 0.3 is 0 Å². The molecule has 0 aliphatic rings. The lowest BCUT2D eigenvalue weighted by atomic mass is 10.2. The summed E-state index contributed by atoms with van der Waals surface area (Å²) in [6.07, 6.45) is 3.18. The maximum absolute atomic E-state index is 12.8. The summed E-state index contributed by atoms with van der Waals surface area (Å²) in [5.74, 6) is 1.50. The molecular formula is C22H30N2O5S2. The van der Waals surface area contributed by atoms with Gasteiger partial charge in [-0.15, -0.1) is 0 Å². The Morgan fingerprint density at radius 2 is 1.87 bits per heavy atom. The molecule has 0 saturated heterocycles. The molecule has 0 aliphatic heterocycles. The maximum Gasteiger partial charge on any atom is 0.241 e. The van der Waals surface area contributed by atoms with Crippen LogP contribution in [-0.4, -0.2) is 46.1 Å². The highest BCUT2D eigenvalue weighted by atomic mass is 32.2. The lowest BCUT2D eigenvalue weighted by Crippen LogP contribution is -2.46. The van der Waals surface area contributed by atoms with E-state index < -0.39 is 16.1 Å². The first kappa shape index (κ1) is 25.0. The van der Waals surface area contributed by atoms with Gasteiger partial charge in [0.1, 0.15) is 6.04 Å². The van der Waals surface area contributed by atoms with E-state index in [1.54, 1.807) is 49.2 Å². The highest BCUT2D eigenvalue weighted by Crippen LogP contribution is 2.28. The van der Waals surface area contributed by atoms with Gasteiger partial charge in [-0.1, -0.05) is 31.2 Å². The molecule has 1 atom stereocenters. The zero-order valence-electron chi connectivity index (χ0n) is 18.1. The van der Waals surface area contributed by atoms with Crippen LogP contribution < -0.4 is 19.5 Å². The minimum absolute atomic E-state index is 0.129. The topological polar surface area (TPSA) is 93.7 Å². The second kappa shape index (κ2) is 12.6. The number of hydrogen-bond acceptors (Lipinski definition) is 6. The first-order chi connectivity index (χ1) is 14.9. The lowest BCUT2D eigenvalue weighted by Gasteiger charge is -2.19. The number of ether oxygens (including phenoxy) is 2. The van der Waals surface area contributed by atoms with E-state index in [0.717, 1.165) is 12.0 Å². The number of benzene rings is 2. The van der Waals surface area contributed by atoms with Crippen LogP contribution in [-0.2, 0) is 21.4 Å². The number of thioether (sulfide) groups is 1. The van der Waals surface area contributed by atoms with Crippen molar-refractivity contribution in [1.29, 1.82) is 0 Å². The number of rotatable bonds is 13. The molecule has 0 bridgehead atoms. The summed E-state index contributed by atoms with van der Waals surface area (Å²) in [5.41, 5.74) is 0.823. The van der Waals surface area contributed by atoms with Gasteiger partial charge in [-0.2, -0.15) is 16.5 Å². The quantitative estimate of drug-likeness (QED) is 0.471. The molecule has 0 spiro atoms. The van der Waals surface area contributed by atoms with E-state index >= 15 is 0 Å². The molecule has 0 saturated carbocycles. The lowest BCUT2D eigenvalue weighted by molar-refractivity contribution is -0.122. The number of carbonyl (C=O) groups excluding carboxylic acids is 1. The Labute approximate surface area is 189 Å². The SMILES string of the molecule is CCCOc1ccc(CNC(=O)C(CCSC)NS(=O)(=O)c2ccccc2)cc1OC. The van der Waals surface area contributed by atoms with Gasteiger partial charge in [-0.25, -0.2) is 8.42 Å². The van der Waals surface area contributed by atoms with Gasteiger partial charge in [0.15, 0.2) is 11.5 Å². The molecule has 1 amide bonds. The van der Waals surface area contributed by atoms with Crippen molar-refractivity contribution in [2.24, 2.45) is 0 Å². The van der Waals surface area contributed by atoms with E-state index in [1.165, 1.54) is 12.1 Å². The van der Waals surface area contributed by atoms with Crippen LogP contribution in [0.25, 0.3) is 0 Å². The third-order valence-corrected chi connectivity index (χ3v) is 6.57. The van der Waals surface area contributed by atoms with Gasteiger partial charge in [-0.05, 0) is 54.7 Å². The molecule has 170 valence electrons. The standard InChI is InChI=1S/C22H30N2O5S2/c1-4-13-29-20-11-10-17(15-21(20)28-2)16-23-22(25)19(12-14-30-3)24-31(26,27)18-8-6-5-7-9-18/h5-11,15,19,24H,4,12-14,16H2,1-3H3,(H,23,25). The van der Waals surface area contributed by atoms with Gasteiger partial charge in [0, 0.05) is 6.54 Å². The first-order valence-corrected chi connectivity index (χ1v) is 12.9. The molecule has 31 heavy (non-hydrogen) atoms. The van der Waals surface area contributed by atoms with Crippen molar-refractivity contribution in [3.8, 4) is 11.5 Å². The largest absolute Gasteiger partial charge is 0.493 e. The first-order valence-electron chi connectivity index (χ1n) is 10.0. The summed E-state index contributed by atoms with van der Waals surface area (Å²) in [6, 6.07) is 12.6. The van der Waals surface area contributed by atoms with Crippen molar-refractivity contribution < 1.29 is 22.7 Å². The number of hydrogen-bond donors (Lipinski definition) is 2. The molecule has 0 radical (unpaired) electrons. The third kappa shape index (κ3) is 7.75. The van der Waals surface area contributed by atoms with E-state index in [2.05, 4.69) is 10.0 Å². The summed E-state index contributed by atoms with van der Waals surface area (Å²) in [5, 5.41) is 2.82. The Balaban J connectivity index is 2.07. The highest BCUT2D eigenvalue weighted by molar-refractivity contribution is 7.98. The molecule has 7 nitrogen and oxygen atoms in total. The molecule has 2 aromatic rings. The minimum atomic E-state index is -3.80. The fourth-order valence-corrected chi connectivity index (χ4v) is 4.52. The van der Waals surface area contributed by atoms with Crippen LogP contribution in [0.2, 0.25) is 0 Å². The number of sulfonamides is 1. The van der Waals surface area contributed by atoms with Gasteiger partial charge in [0.05, 0.1) is 18.6 Å². The molecule has 2 N–H and O–H groups in total. The molecule has 0 aliphatic carbocycles. The monoisotopic (exact) mass is 466 g/mol. The van der Waals surface area contributed by atoms with E-state index in [-0.39, 0.29) is 17.3 Å². The van der Waals surface area contributed by atoms with E-state index in [0.29, 0.717) is 30.3 Å². The van der Waals surface area contributed by atoms with Gasteiger partial charge < -0.3 is 14.8 Å². The van der Waals surface area contributed by atoms with Crippen molar-refractivity contribution in [1.82, 2.24) is 10.0 Å². The van der Waals surface area contributed by atoms with Crippen LogP contribution in [0.15, 0.2) is 53.4 Å². The summed E-state index contributed by atoms with van der Waals surface area (Å²) >= 11 is 1.55. The molecular weight excluding hydrogens is 436 g/mol. The molecule has 2 rings (SSSR count). The summed E-state index contributed by atoms with van der Waals surface area (Å²) in [6.45, 7) is 2.85. The second-order valence-electron chi connectivity index (χ2n) is 6.82. The van der Waals surface area contributed by atoms with Gasteiger partial charge in [0.25, 0.3) is 0 Å². The molecule has 0 fully saturated rings. The smallest absolute Gasteiger partial charge is 0.241 e. The molecule has 9 heteroatoms. The van der Waals surface area contributed by atoms with E-state index in [1.807, 2.05) is 19.2 Å².